The normalized spacial score (nSPS) is 3.00. The molecule has 0 fully saturated rings. The van der Waals surface area contributed by atoms with Crippen molar-refractivity contribution in [1.29, 1.82) is 0 Å². The molecule has 8 heavy (non-hydrogen) atoms. The second kappa shape index (κ2) is 22.5. The van der Waals surface area contributed by atoms with E-state index in [0.29, 0.717) is 0 Å². The largest absolute Gasteiger partial charge is 1.00 e. The Bertz CT molecular complexity index is 37.5. The van der Waals surface area contributed by atoms with Gasteiger partial charge in [-0.2, -0.15) is 0 Å². The van der Waals surface area contributed by atoms with Crippen LogP contribution < -0.4 is 169 Å². The molecule has 0 N–H and O–H groups in total. The molecular weight excluding hydrogens is 196 g/mol. The molecule has 0 bridgehead atoms. The van der Waals surface area contributed by atoms with Crippen molar-refractivity contribution in [2.45, 2.75) is 0 Å². The van der Waals surface area contributed by atoms with Gasteiger partial charge in [-0.15, -0.1) is 0 Å². The van der Waals surface area contributed by atoms with Gasteiger partial charge in [0.2, 0.25) is 0 Å². The van der Waals surface area contributed by atoms with E-state index in [4.69, 9.17) is 15.0 Å². The number of carbonyl (C=O) groups excluding carboxylic acids is 1. The monoisotopic (exact) mass is 196 g/mol. The van der Waals surface area contributed by atoms with E-state index in [2.05, 4.69) is 0 Å². The Labute approximate surface area is 174 Å². The second-order valence-corrected chi connectivity index (χ2v) is 0.250. The van der Waals surface area contributed by atoms with Crippen LogP contribution >= 0.6 is 0 Å². The average Bonchev–Trinajstić information content (AvgIpc) is 0.811. The van der Waals surface area contributed by atoms with Crippen molar-refractivity contribution < 1.29 is 174 Å². The smallest absolute Gasteiger partial charge is 1.00 e. The quantitative estimate of drug-likeness (QED) is 0.361. The molecule has 0 aliphatic rings. The van der Waals surface area contributed by atoms with Crippen molar-refractivity contribution in [2.24, 2.45) is 0 Å². The maximum Gasteiger partial charge on any atom is 1.00 e. The molecule has 0 aliphatic heterocycles. The molecule has 0 heterocycles. The molecule has 0 aromatic carbocycles. The molecule has 0 saturated heterocycles. The van der Waals surface area contributed by atoms with Crippen LogP contribution in [-0.4, -0.2) is 6.16 Å². The Morgan fingerprint density at radius 3 is 1.00 bits per heavy atom. The maximum atomic E-state index is 8.33. The second-order valence-electron chi connectivity index (χ2n) is 0.250. The molecule has 0 saturated carbocycles. The molecule has 0 unspecified atom stereocenters. The Morgan fingerprint density at radius 2 is 1.00 bits per heavy atom. The van der Waals surface area contributed by atoms with Crippen LogP contribution in [0.5, 0.6) is 0 Å². The molecular formula is CFK3O3. The maximum absolute atomic E-state index is 8.33. The first-order valence-electron chi connectivity index (χ1n) is 0.612. The van der Waals surface area contributed by atoms with Gasteiger partial charge in [-0.3, -0.25) is 0 Å². The molecule has 0 rings (SSSR count). The zero-order valence-electron chi connectivity index (χ0n) is 5.10. The fourth-order valence-corrected chi connectivity index (χ4v) is 0. The van der Waals surface area contributed by atoms with E-state index >= 15 is 0 Å². The van der Waals surface area contributed by atoms with E-state index in [9.17, 15) is 0 Å². The van der Waals surface area contributed by atoms with Crippen molar-refractivity contribution in [2.75, 3.05) is 0 Å². The summed E-state index contributed by atoms with van der Waals surface area (Å²) < 4.78 is 0. The summed E-state index contributed by atoms with van der Waals surface area (Å²) in [7, 11) is 0. The Morgan fingerprint density at radius 1 is 1.00 bits per heavy atom. The summed E-state index contributed by atoms with van der Waals surface area (Å²) in [6.07, 6.45) is -2.33. The van der Waals surface area contributed by atoms with Gasteiger partial charge in [0.05, 0.1) is 0 Å². The van der Waals surface area contributed by atoms with Crippen molar-refractivity contribution >= 4 is 6.16 Å². The number of rotatable bonds is 0. The van der Waals surface area contributed by atoms with Gasteiger partial charge in [-0.25, -0.2) is 0 Å². The molecule has 0 radical (unpaired) electrons. The third-order valence-electron chi connectivity index (χ3n) is 0. The van der Waals surface area contributed by atoms with Gasteiger partial charge in [0, 0.05) is 0 Å². The zero-order valence-corrected chi connectivity index (χ0v) is 14.5. The number of halogens is 1. The summed E-state index contributed by atoms with van der Waals surface area (Å²) in [5.74, 6) is 0. The fourth-order valence-electron chi connectivity index (χ4n) is 0. The van der Waals surface area contributed by atoms with Gasteiger partial charge >= 0.3 is 154 Å². The van der Waals surface area contributed by atoms with Crippen LogP contribution in [0.15, 0.2) is 0 Å². The van der Waals surface area contributed by atoms with E-state index < -0.39 is 6.16 Å². The first kappa shape index (κ1) is 29.6. The molecule has 0 aromatic heterocycles. The zero-order chi connectivity index (χ0) is 3.58. The summed E-state index contributed by atoms with van der Waals surface area (Å²) in [6, 6.07) is 0. The van der Waals surface area contributed by atoms with E-state index in [1.807, 2.05) is 0 Å². The number of hydrogen-bond donors (Lipinski definition) is 0. The van der Waals surface area contributed by atoms with E-state index in [0.717, 1.165) is 0 Å². The molecule has 0 spiro atoms. The number of carbonyl (C=O) groups is 1. The SMILES string of the molecule is O=C([O-])[O-].[F-].[K+].[K+].[K+]. The van der Waals surface area contributed by atoms with Gasteiger partial charge in [-0.1, -0.05) is 0 Å². The standard InChI is InChI=1S/CH2O3.FH.3K/c2-1(3)4;;;;/h(H2,2,3,4);1H;;;/q;;3*+1/p-3. The van der Waals surface area contributed by atoms with Crippen LogP contribution in [0, 0.1) is 0 Å². The Kier molecular flexibility index (Phi) is 83.0. The van der Waals surface area contributed by atoms with Crippen LogP contribution in [0.4, 0.5) is 4.79 Å². The van der Waals surface area contributed by atoms with Crippen molar-refractivity contribution in [3.63, 3.8) is 0 Å². The first-order chi connectivity index (χ1) is 1.73. The minimum absolute atomic E-state index is 0. The topological polar surface area (TPSA) is 63.2 Å². The minimum atomic E-state index is -2.33. The van der Waals surface area contributed by atoms with Gasteiger partial charge in [0.1, 0.15) is 0 Å². The van der Waals surface area contributed by atoms with Crippen molar-refractivity contribution in [1.82, 2.24) is 0 Å². The van der Waals surface area contributed by atoms with Crippen molar-refractivity contribution in [3.8, 4) is 0 Å². The van der Waals surface area contributed by atoms with Crippen LogP contribution in [-0.2, 0) is 0 Å². The molecule has 0 amide bonds. The Hall–Kier alpha value is 4.11. The number of hydrogen-bond acceptors (Lipinski definition) is 3. The minimum Gasteiger partial charge on any atom is -1.00 e. The molecule has 7 heteroatoms. The van der Waals surface area contributed by atoms with Crippen LogP contribution in [0.25, 0.3) is 0 Å². The third kappa shape index (κ3) is 49.7. The molecule has 32 valence electrons. The predicted molar refractivity (Wildman–Crippen MR) is 5.40 cm³/mol. The molecule has 0 atom stereocenters. The summed E-state index contributed by atoms with van der Waals surface area (Å²) in [5.41, 5.74) is 0. The van der Waals surface area contributed by atoms with E-state index in [-0.39, 0.29) is 159 Å². The van der Waals surface area contributed by atoms with Crippen LogP contribution in [0.2, 0.25) is 0 Å². The first-order valence-corrected chi connectivity index (χ1v) is 0.612. The molecule has 3 nitrogen and oxygen atoms in total. The van der Waals surface area contributed by atoms with E-state index in [1.165, 1.54) is 0 Å². The van der Waals surface area contributed by atoms with E-state index in [1.54, 1.807) is 0 Å². The predicted octanol–water partition coefficient (Wildman–Crippen LogP) is -14.4. The van der Waals surface area contributed by atoms with Gasteiger partial charge in [0.15, 0.2) is 0 Å². The summed E-state index contributed by atoms with van der Waals surface area (Å²) >= 11 is 0. The van der Waals surface area contributed by atoms with Crippen molar-refractivity contribution in [3.05, 3.63) is 0 Å². The fraction of sp³-hybridized carbons (Fsp3) is 0. The number of carboxylic acid groups (broad SMARTS) is 2. The van der Waals surface area contributed by atoms with Crippen LogP contribution in [0.3, 0.4) is 0 Å². The summed E-state index contributed by atoms with van der Waals surface area (Å²) in [6.45, 7) is 0. The van der Waals surface area contributed by atoms with Gasteiger partial charge < -0.3 is 19.7 Å². The van der Waals surface area contributed by atoms with Gasteiger partial charge in [0.25, 0.3) is 0 Å². The summed E-state index contributed by atoms with van der Waals surface area (Å²) in [4.78, 5) is 8.33. The average molecular weight is 196 g/mol. The molecule has 0 aliphatic carbocycles. The third-order valence-corrected chi connectivity index (χ3v) is 0. The molecule has 0 aromatic rings. The summed E-state index contributed by atoms with van der Waals surface area (Å²) in [5, 5.41) is 16.7. The Balaban J connectivity index is -0.00000000750. The van der Waals surface area contributed by atoms with Crippen LogP contribution in [0.1, 0.15) is 0 Å². The van der Waals surface area contributed by atoms with Gasteiger partial charge in [-0.05, 0) is 6.16 Å².